The van der Waals surface area contributed by atoms with Gasteiger partial charge in [0.15, 0.2) is 6.29 Å². The fourth-order valence-electron chi connectivity index (χ4n) is 1.65. The second-order valence-corrected chi connectivity index (χ2v) is 3.77. The topological polar surface area (TPSA) is 51.5 Å². The van der Waals surface area contributed by atoms with Crippen LogP contribution in [0.15, 0.2) is 24.3 Å². The smallest absolute Gasteiger partial charge is 0.160 e. The summed E-state index contributed by atoms with van der Waals surface area (Å²) in [6.07, 6.45) is 1.46. The molecule has 0 radical (unpaired) electrons. The third-order valence-corrected chi connectivity index (χ3v) is 2.51. The minimum Gasteiger partial charge on any atom is -0.492 e. The van der Waals surface area contributed by atoms with Crippen LogP contribution in [0.5, 0.6) is 5.75 Å². The van der Waals surface area contributed by atoms with Crippen LogP contribution in [0.2, 0.25) is 0 Å². The molecule has 1 aliphatic heterocycles. The molecule has 90 valence electrons. The van der Waals surface area contributed by atoms with E-state index in [1.807, 2.05) is 12.1 Å². The molecule has 1 saturated heterocycles. The molecule has 0 bridgehead atoms. The van der Waals surface area contributed by atoms with E-state index < -0.39 is 0 Å². The summed E-state index contributed by atoms with van der Waals surface area (Å²) in [5, 5.41) is 8.89. The average Bonchev–Trinajstić information content (AvgIpc) is 2.40. The first-order chi connectivity index (χ1) is 8.40. The summed E-state index contributed by atoms with van der Waals surface area (Å²) in [5.74, 6) is 0.616. The maximum absolute atomic E-state index is 8.89. The molecule has 1 heterocycles. The molecule has 0 aromatic heterocycles. The van der Waals surface area contributed by atoms with Crippen molar-refractivity contribution in [1.82, 2.24) is 0 Å². The fourth-order valence-corrected chi connectivity index (χ4v) is 1.65. The highest BCUT2D eigenvalue weighted by Crippen LogP contribution is 2.17. The number of nitrogens with zero attached hydrogens (tertiary/aromatic N) is 1. The first-order valence-corrected chi connectivity index (χ1v) is 5.75. The Kier molecular flexibility index (Phi) is 4.37. The van der Waals surface area contributed by atoms with Gasteiger partial charge >= 0.3 is 0 Å². The highest BCUT2D eigenvalue weighted by molar-refractivity contribution is 5.42. The van der Waals surface area contributed by atoms with Crippen LogP contribution in [0.4, 0.5) is 0 Å². The summed E-state index contributed by atoms with van der Waals surface area (Å²) in [5.41, 5.74) is 0.554. The van der Waals surface area contributed by atoms with Crippen LogP contribution in [0.25, 0.3) is 0 Å². The molecule has 2 rings (SSSR count). The van der Waals surface area contributed by atoms with Crippen molar-refractivity contribution in [2.24, 2.45) is 0 Å². The monoisotopic (exact) mass is 233 g/mol. The van der Waals surface area contributed by atoms with Crippen LogP contribution >= 0.6 is 0 Å². The largest absolute Gasteiger partial charge is 0.492 e. The summed E-state index contributed by atoms with van der Waals surface area (Å²) in [4.78, 5) is 0. The van der Waals surface area contributed by atoms with Crippen molar-refractivity contribution in [3.8, 4) is 11.8 Å². The van der Waals surface area contributed by atoms with E-state index in [-0.39, 0.29) is 6.29 Å². The third-order valence-electron chi connectivity index (χ3n) is 2.51. The summed E-state index contributed by atoms with van der Waals surface area (Å²) >= 11 is 0. The zero-order valence-electron chi connectivity index (χ0n) is 9.59. The SMILES string of the molecule is N#Cc1ccccc1OCCC1OCCCO1. The molecule has 0 N–H and O–H groups in total. The van der Waals surface area contributed by atoms with Gasteiger partial charge in [-0.05, 0) is 18.6 Å². The Morgan fingerprint density at radius 2 is 2.06 bits per heavy atom. The Morgan fingerprint density at radius 1 is 1.29 bits per heavy atom. The van der Waals surface area contributed by atoms with Gasteiger partial charge in [0.2, 0.25) is 0 Å². The van der Waals surface area contributed by atoms with Gasteiger partial charge in [0.05, 0.1) is 25.4 Å². The molecule has 0 saturated carbocycles. The molecule has 1 aliphatic rings. The molecule has 0 atom stereocenters. The zero-order chi connectivity index (χ0) is 11.9. The first-order valence-electron chi connectivity index (χ1n) is 5.75. The molecular formula is C13H15NO3. The number of hydrogen-bond acceptors (Lipinski definition) is 4. The van der Waals surface area contributed by atoms with E-state index in [0.717, 1.165) is 19.6 Å². The molecule has 17 heavy (non-hydrogen) atoms. The van der Waals surface area contributed by atoms with Gasteiger partial charge in [0.1, 0.15) is 11.8 Å². The van der Waals surface area contributed by atoms with Crippen molar-refractivity contribution in [1.29, 1.82) is 5.26 Å². The van der Waals surface area contributed by atoms with Gasteiger partial charge in [-0.3, -0.25) is 0 Å². The highest BCUT2D eigenvalue weighted by Gasteiger charge is 2.14. The first kappa shape index (κ1) is 11.9. The Hall–Kier alpha value is -1.57. The molecule has 0 unspecified atom stereocenters. The highest BCUT2D eigenvalue weighted by atomic mass is 16.7. The minimum atomic E-state index is -0.169. The summed E-state index contributed by atoms with van der Waals surface area (Å²) in [7, 11) is 0. The van der Waals surface area contributed by atoms with Gasteiger partial charge in [-0.1, -0.05) is 12.1 Å². The molecule has 0 amide bonds. The van der Waals surface area contributed by atoms with E-state index in [4.69, 9.17) is 19.5 Å². The van der Waals surface area contributed by atoms with Gasteiger partial charge in [0, 0.05) is 6.42 Å². The van der Waals surface area contributed by atoms with E-state index in [9.17, 15) is 0 Å². The lowest BCUT2D eigenvalue weighted by Gasteiger charge is -2.23. The second kappa shape index (κ2) is 6.24. The Balaban J connectivity index is 1.79. The molecular weight excluding hydrogens is 218 g/mol. The van der Waals surface area contributed by atoms with E-state index >= 15 is 0 Å². The Labute approximate surface area is 101 Å². The van der Waals surface area contributed by atoms with Crippen molar-refractivity contribution in [2.45, 2.75) is 19.1 Å². The third kappa shape index (κ3) is 3.45. The number of hydrogen-bond donors (Lipinski definition) is 0. The van der Waals surface area contributed by atoms with E-state index in [1.165, 1.54) is 0 Å². The molecule has 1 aromatic carbocycles. The average molecular weight is 233 g/mol. The Morgan fingerprint density at radius 3 is 2.82 bits per heavy atom. The van der Waals surface area contributed by atoms with E-state index in [2.05, 4.69) is 6.07 Å². The van der Waals surface area contributed by atoms with Crippen LogP contribution in [-0.4, -0.2) is 26.1 Å². The summed E-state index contributed by atoms with van der Waals surface area (Å²) in [6, 6.07) is 9.30. The number of nitriles is 1. The van der Waals surface area contributed by atoms with Crippen molar-refractivity contribution in [3.63, 3.8) is 0 Å². The van der Waals surface area contributed by atoms with Crippen molar-refractivity contribution in [2.75, 3.05) is 19.8 Å². The number of ether oxygens (including phenoxy) is 3. The maximum atomic E-state index is 8.89. The Bertz CT molecular complexity index is 394. The van der Waals surface area contributed by atoms with Crippen LogP contribution in [0.3, 0.4) is 0 Å². The van der Waals surface area contributed by atoms with Gasteiger partial charge in [-0.25, -0.2) is 0 Å². The van der Waals surface area contributed by atoms with Crippen molar-refractivity contribution < 1.29 is 14.2 Å². The van der Waals surface area contributed by atoms with Crippen LogP contribution < -0.4 is 4.74 Å². The van der Waals surface area contributed by atoms with Gasteiger partial charge < -0.3 is 14.2 Å². The van der Waals surface area contributed by atoms with Gasteiger partial charge in [-0.15, -0.1) is 0 Å². The lowest BCUT2D eigenvalue weighted by Crippen LogP contribution is -2.26. The zero-order valence-corrected chi connectivity index (χ0v) is 9.59. The molecule has 0 spiro atoms. The van der Waals surface area contributed by atoms with Gasteiger partial charge in [0.25, 0.3) is 0 Å². The lowest BCUT2D eigenvalue weighted by atomic mass is 10.2. The molecule has 4 nitrogen and oxygen atoms in total. The predicted molar refractivity (Wildman–Crippen MR) is 61.6 cm³/mol. The predicted octanol–water partition coefficient (Wildman–Crippen LogP) is 2.09. The summed E-state index contributed by atoms with van der Waals surface area (Å²) < 4.78 is 16.4. The number of benzene rings is 1. The lowest BCUT2D eigenvalue weighted by molar-refractivity contribution is -0.183. The number of para-hydroxylation sites is 1. The maximum Gasteiger partial charge on any atom is 0.160 e. The minimum absolute atomic E-state index is 0.169. The summed E-state index contributed by atoms with van der Waals surface area (Å²) in [6.45, 7) is 1.99. The molecule has 1 fully saturated rings. The van der Waals surface area contributed by atoms with Gasteiger partial charge in [-0.2, -0.15) is 5.26 Å². The van der Waals surface area contributed by atoms with Crippen molar-refractivity contribution in [3.05, 3.63) is 29.8 Å². The molecule has 0 aliphatic carbocycles. The van der Waals surface area contributed by atoms with Crippen LogP contribution in [-0.2, 0) is 9.47 Å². The standard InChI is InChI=1S/C13H15NO3/c14-10-11-4-1-2-5-12(11)15-9-6-13-16-7-3-8-17-13/h1-2,4-5,13H,3,6-9H2. The van der Waals surface area contributed by atoms with E-state index in [1.54, 1.807) is 12.1 Å². The fraction of sp³-hybridized carbons (Fsp3) is 0.462. The van der Waals surface area contributed by atoms with Crippen molar-refractivity contribution >= 4 is 0 Å². The normalized spacial score (nSPS) is 16.4. The number of rotatable bonds is 4. The van der Waals surface area contributed by atoms with Crippen LogP contribution in [0, 0.1) is 11.3 Å². The quantitative estimate of drug-likeness (QED) is 0.799. The van der Waals surface area contributed by atoms with Crippen LogP contribution in [0.1, 0.15) is 18.4 Å². The molecule has 4 heteroatoms. The molecule has 1 aromatic rings. The second-order valence-electron chi connectivity index (χ2n) is 3.77. The van der Waals surface area contributed by atoms with E-state index in [0.29, 0.717) is 24.3 Å².